The predicted molar refractivity (Wildman–Crippen MR) is 86.0 cm³/mol. The van der Waals surface area contributed by atoms with Crippen molar-refractivity contribution >= 4 is 6.29 Å². The summed E-state index contributed by atoms with van der Waals surface area (Å²) in [4.78, 5) is 14.2. The summed E-state index contributed by atoms with van der Waals surface area (Å²) in [7, 11) is 0. The molecular weight excluding hydrogens is 258 g/mol. The van der Waals surface area contributed by atoms with Crippen LogP contribution in [-0.4, -0.2) is 23.8 Å². The Morgan fingerprint density at radius 1 is 1.00 bits per heavy atom. The number of aldehydes is 1. The van der Waals surface area contributed by atoms with Gasteiger partial charge in [0.05, 0.1) is 6.04 Å². The summed E-state index contributed by atoms with van der Waals surface area (Å²) in [6.45, 7) is 2.00. The van der Waals surface area contributed by atoms with Gasteiger partial charge >= 0.3 is 0 Å². The van der Waals surface area contributed by atoms with Crippen molar-refractivity contribution in [3.05, 3.63) is 35.9 Å². The summed E-state index contributed by atoms with van der Waals surface area (Å²) in [5, 5.41) is 0. The van der Waals surface area contributed by atoms with Crippen LogP contribution in [0.25, 0.3) is 0 Å². The molecule has 2 atom stereocenters. The number of carbonyl (C=O) groups is 1. The van der Waals surface area contributed by atoms with Gasteiger partial charge in [0, 0.05) is 6.54 Å². The second-order valence-corrected chi connectivity index (χ2v) is 6.79. The summed E-state index contributed by atoms with van der Waals surface area (Å²) >= 11 is 0. The highest BCUT2D eigenvalue weighted by molar-refractivity contribution is 5.58. The second-order valence-electron chi connectivity index (χ2n) is 6.79. The molecule has 2 nitrogen and oxygen atoms in total. The molecule has 2 unspecified atom stereocenters. The molecule has 0 spiro atoms. The molecule has 2 heteroatoms. The average Bonchev–Trinajstić information content (AvgIpc) is 2.56. The van der Waals surface area contributed by atoms with Crippen molar-refractivity contribution in [3.63, 3.8) is 0 Å². The SMILES string of the molecule is O=CC1C(C2CCCCC2)CCCN1Cc1ccccc1. The number of hydrogen-bond donors (Lipinski definition) is 0. The van der Waals surface area contributed by atoms with E-state index >= 15 is 0 Å². The van der Waals surface area contributed by atoms with Crippen LogP contribution in [0.4, 0.5) is 0 Å². The fourth-order valence-electron chi connectivity index (χ4n) is 4.39. The van der Waals surface area contributed by atoms with E-state index in [0.29, 0.717) is 5.92 Å². The fourth-order valence-corrected chi connectivity index (χ4v) is 4.39. The number of nitrogens with zero attached hydrogens (tertiary/aromatic N) is 1. The van der Waals surface area contributed by atoms with Gasteiger partial charge in [-0.15, -0.1) is 0 Å². The van der Waals surface area contributed by atoms with Gasteiger partial charge < -0.3 is 4.79 Å². The molecule has 3 rings (SSSR count). The van der Waals surface area contributed by atoms with Gasteiger partial charge in [-0.3, -0.25) is 4.90 Å². The van der Waals surface area contributed by atoms with Gasteiger partial charge in [0.2, 0.25) is 0 Å². The standard InChI is InChI=1S/C19H27NO/c21-15-19-18(17-10-5-2-6-11-17)12-7-13-20(19)14-16-8-3-1-4-9-16/h1,3-4,8-9,15,17-19H,2,5-7,10-14H2. The lowest BCUT2D eigenvalue weighted by molar-refractivity contribution is -0.117. The Bertz CT molecular complexity index is 438. The molecule has 0 bridgehead atoms. The van der Waals surface area contributed by atoms with Crippen LogP contribution in [0.3, 0.4) is 0 Å². The van der Waals surface area contributed by atoms with E-state index in [1.165, 1.54) is 56.8 Å². The summed E-state index contributed by atoms with van der Waals surface area (Å²) in [5.41, 5.74) is 1.33. The highest BCUT2D eigenvalue weighted by Crippen LogP contribution is 2.38. The fraction of sp³-hybridized carbons (Fsp3) is 0.632. The number of piperidine rings is 1. The van der Waals surface area contributed by atoms with Crippen molar-refractivity contribution in [2.45, 2.75) is 57.5 Å². The molecule has 0 N–H and O–H groups in total. The highest BCUT2D eigenvalue weighted by atomic mass is 16.1. The van der Waals surface area contributed by atoms with Crippen LogP contribution >= 0.6 is 0 Å². The first-order valence-electron chi connectivity index (χ1n) is 8.62. The van der Waals surface area contributed by atoms with Gasteiger partial charge in [0.15, 0.2) is 0 Å². The second kappa shape index (κ2) is 7.22. The van der Waals surface area contributed by atoms with Crippen molar-refractivity contribution in [2.24, 2.45) is 11.8 Å². The molecular formula is C19H27NO. The Kier molecular flexibility index (Phi) is 5.08. The van der Waals surface area contributed by atoms with Crippen molar-refractivity contribution in [3.8, 4) is 0 Å². The molecule has 1 heterocycles. The maximum absolute atomic E-state index is 11.8. The third kappa shape index (κ3) is 3.55. The minimum atomic E-state index is 0.141. The topological polar surface area (TPSA) is 20.3 Å². The molecule has 2 fully saturated rings. The first kappa shape index (κ1) is 14.8. The molecule has 1 saturated carbocycles. The smallest absolute Gasteiger partial charge is 0.137 e. The molecule has 0 radical (unpaired) electrons. The van der Waals surface area contributed by atoms with Crippen molar-refractivity contribution < 1.29 is 4.79 Å². The number of benzene rings is 1. The van der Waals surface area contributed by atoms with E-state index in [0.717, 1.165) is 19.0 Å². The summed E-state index contributed by atoms with van der Waals surface area (Å²) in [5.74, 6) is 1.38. The minimum absolute atomic E-state index is 0.141. The molecule has 2 aliphatic rings. The van der Waals surface area contributed by atoms with E-state index in [9.17, 15) is 4.79 Å². The van der Waals surface area contributed by atoms with Gasteiger partial charge in [0.25, 0.3) is 0 Å². The number of likely N-dealkylation sites (tertiary alicyclic amines) is 1. The quantitative estimate of drug-likeness (QED) is 0.778. The van der Waals surface area contributed by atoms with E-state index in [2.05, 4.69) is 35.2 Å². The van der Waals surface area contributed by atoms with Crippen LogP contribution in [0.2, 0.25) is 0 Å². The average molecular weight is 285 g/mol. The normalized spacial score (nSPS) is 28.4. The molecule has 1 aliphatic heterocycles. The van der Waals surface area contributed by atoms with E-state index < -0.39 is 0 Å². The molecule has 1 aromatic rings. The molecule has 114 valence electrons. The Morgan fingerprint density at radius 2 is 1.76 bits per heavy atom. The Hall–Kier alpha value is -1.15. The minimum Gasteiger partial charge on any atom is -0.302 e. The van der Waals surface area contributed by atoms with Gasteiger partial charge in [-0.2, -0.15) is 0 Å². The van der Waals surface area contributed by atoms with Crippen molar-refractivity contribution in [2.75, 3.05) is 6.54 Å². The molecule has 21 heavy (non-hydrogen) atoms. The summed E-state index contributed by atoms with van der Waals surface area (Å²) < 4.78 is 0. The number of hydrogen-bond acceptors (Lipinski definition) is 2. The lowest BCUT2D eigenvalue weighted by Gasteiger charge is -2.43. The van der Waals surface area contributed by atoms with Crippen LogP contribution in [0.5, 0.6) is 0 Å². The first-order valence-corrected chi connectivity index (χ1v) is 8.62. The Balaban J connectivity index is 1.70. The predicted octanol–water partition coefficient (Wildman–Crippen LogP) is 4.05. The third-order valence-corrected chi connectivity index (χ3v) is 5.47. The molecule has 0 amide bonds. The van der Waals surface area contributed by atoms with E-state index in [1.807, 2.05) is 0 Å². The van der Waals surface area contributed by atoms with Gasteiger partial charge in [0.1, 0.15) is 6.29 Å². The van der Waals surface area contributed by atoms with E-state index in [-0.39, 0.29) is 6.04 Å². The van der Waals surface area contributed by atoms with Crippen LogP contribution in [0.1, 0.15) is 50.5 Å². The maximum Gasteiger partial charge on any atom is 0.137 e. The number of carbonyl (C=O) groups excluding carboxylic acids is 1. The van der Waals surface area contributed by atoms with Crippen LogP contribution < -0.4 is 0 Å². The van der Waals surface area contributed by atoms with Gasteiger partial charge in [-0.1, -0.05) is 62.4 Å². The molecule has 0 aromatic heterocycles. The Morgan fingerprint density at radius 3 is 2.48 bits per heavy atom. The third-order valence-electron chi connectivity index (χ3n) is 5.47. The van der Waals surface area contributed by atoms with Gasteiger partial charge in [-0.25, -0.2) is 0 Å². The van der Waals surface area contributed by atoms with E-state index in [4.69, 9.17) is 0 Å². The zero-order chi connectivity index (χ0) is 14.5. The molecule has 1 aromatic carbocycles. The highest BCUT2D eigenvalue weighted by Gasteiger charge is 2.36. The van der Waals surface area contributed by atoms with Crippen LogP contribution in [-0.2, 0) is 11.3 Å². The van der Waals surface area contributed by atoms with Crippen LogP contribution in [0.15, 0.2) is 30.3 Å². The van der Waals surface area contributed by atoms with Crippen LogP contribution in [0, 0.1) is 11.8 Å². The lowest BCUT2D eigenvalue weighted by atomic mass is 9.73. The zero-order valence-electron chi connectivity index (χ0n) is 12.9. The number of rotatable bonds is 4. The summed E-state index contributed by atoms with van der Waals surface area (Å²) in [6.07, 6.45) is 10.5. The first-order chi connectivity index (χ1) is 10.4. The summed E-state index contributed by atoms with van der Waals surface area (Å²) in [6, 6.07) is 10.7. The lowest BCUT2D eigenvalue weighted by Crippen LogP contribution is -2.48. The van der Waals surface area contributed by atoms with Crippen molar-refractivity contribution in [1.82, 2.24) is 4.90 Å². The van der Waals surface area contributed by atoms with E-state index in [1.54, 1.807) is 0 Å². The Labute approximate surface area is 128 Å². The largest absolute Gasteiger partial charge is 0.302 e. The molecule has 1 saturated heterocycles. The monoisotopic (exact) mass is 285 g/mol. The van der Waals surface area contributed by atoms with Crippen molar-refractivity contribution in [1.29, 1.82) is 0 Å². The zero-order valence-corrected chi connectivity index (χ0v) is 12.9. The van der Waals surface area contributed by atoms with Gasteiger partial charge in [-0.05, 0) is 36.8 Å². The molecule has 1 aliphatic carbocycles. The maximum atomic E-state index is 11.8.